The van der Waals surface area contributed by atoms with Gasteiger partial charge in [0.15, 0.2) is 0 Å². The first-order chi connectivity index (χ1) is 9.79. The van der Waals surface area contributed by atoms with E-state index >= 15 is 0 Å². The molecular formula is C16H17NO2S. The van der Waals surface area contributed by atoms with Crippen molar-refractivity contribution < 1.29 is 9.53 Å². The zero-order valence-electron chi connectivity index (χ0n) is 11.3. The van der Waals surface area contributed by atoms with E-state index in [0.717, 1.165) is 5.75 Å². The van der Waals surface area contributed by atoms with Crippen molar-refractivity contribution in [1.82, 2.24) is 5.32 Å². The van der Waals surface area contributed by atoms with Crippen molar-refractivity contribution >= 4 is 17.7 Å². The molecule has 1 N–H and O–H groups in total. The molecule has 20 heavy (non-hydrogen) atoms. The summed E-state index contributed by atoms with van der Waals surface area (Å²) in [6.07, 6.45) is 0. The molecule has 0 aromatic heterocycles. The van der Waals surface area contributed by atoms with Crippen molar-refractivity contribution in [3.05, 3.63) is 60.2 Å². The molecule has 0 saturated carbocycles. The minimum absolute atomic E-state index is 0.0717. The summed E-state index contributed by atoms with van der Waals surface area (Å²) in [7, 11) is 1.59. The van der Waals surface area contributed by atoms with Crippen LogP contribution in [0.5, 0.6) is 5.75 Å². The van der Waals surface area contributed by atoms with Gasteiger partial charge in [-0.3, -0.25) is 4.79 Å². The molecule has 0 atom stereocenters. The highest BCUT2D eigenvalue weighted by atomic mass is 32.2. The van der Waals surface area contributed by atoms with Gasteiger partial charge in [-0.15, -0.1) is 11.8 Å². The number of methoxy groups -OCH3 is 1. The Hall–Kier alpha value is -1.94. The Labute approximate surface area is 123 Å². The SMILES string of the molecule is COc1cccc(C(=O)NCCSc2ccccc2)c1. The van der Waals surface area contributed by atoms with Crippen LogP contribution in [0.2, 0.25) is 0 Å². The largest absolute Gasteiger partial charge is 0.497 e. The third-order valence-electron chi connectivity index (χ3n) is 2.73. The standard InChI is InChI=1S/C16H17NO2S/c1-19-14-7-5-6-13(12-14)16(18)17-10-11-20-15-8-3-2-4-9-15/h2-9,12H,10-11H2,1H3,(H,17,18). The zero-order chi connectivity index (χ0) is 14.2. The number of carbonyl (C=O) groups excluding carboxylic acids is 1. The van der Waals surface area contributed by atoms with Gasteiger partial charge < -0.3 is 10.1 Å². The number of carbonyl (C=O) groups is 1. The van der Waals surface area contributed by atoms with E-state index in [1.165, 1.54) is 4.90 Å². The highest BCUT2D eigenvalue weighted by molar-refractivity contribution is 7.99. The van der Waals surface area contributed by atoms with Gasteiger partial charge in [0.05, 0.1) is 7.11 Å². The highest BCUT2D eigenvalue weighted by Crippen LogP contribution is 2.16. The number of hydrogen-bond acceptors (Lipinski definition) is 3. The first kappa shape index (κ1) is 14.5. The first-order valence-electron chi connectivity index (χ1n) is 6.39. The Kier molecular flexibility index (Phi) is 5.50. The summed E-state index contributed by atoms with van der Waals surface area (Å²) in [6, 6.07) is 17.3. The van der Waals surface area contributed by atoms with Crippen LogP contribution >= 0.6 is 11.8 Å². The molecule has 0 saturated heterocycles. The predicted octanol–water partition coefficient (Wildman–Crippen LogP) is 3.22. The topological polar surface area (TPSA) is 38.3 Å². The number of ether oxygens (including phenoxy) is 1. The van der Waals surface area contributed by atoms with Crippen LogP contribution in [0.25, 0.3) is 0 Å². The zero-order valence-corrected chi connectivity index (χ0v) is 12.2. The van der Waals surface area contributed by atoms with Gasteiger partial charge in [0.2, 0.25) is 0 Å². The second kappa shape index (κ2) is 7.60. The van der Waals surface area contributed by atoms with Crippen LogP contribution in [0, 0.1) is 0 Å². The summed E-state index contributed by atoms with van der Waals surface area (Å²) < 4.78 is 5.10. The van der Waals surface area contributed by atoms with Crippen LogP contribution in [0.15, 0.2) is 59.5 Å². The second-order valence-corrected chi connectivity index (χ2v) is 5.32. The van der Waals surface area contributed by atoms with Crippen LogP contribution in [0.1, 0.15) is 10.4 Å². The van der Waals surface area contributed by atoms with Crippen molar-refractivity contribution in [2.75, 3.05) is 19.4 Å². The van der Waals surface area contributed by atoms with E-state index in [9.17, 15) is 4.79 Å². The fraction of sp³-hybridized carbons (Fsp3) is 0.188. The van der Waals surface area contributed by atoms with Crippen LogP contribution in [0.4, 0.5) is 0 Å². The number of nitrogens with one attached hydrogen (secondary N) is 1. The quantitative estimate of drug-likeness (QED) is 0.655. The summed E-state index contributed by atoms with van der Waals surface area (Å²) in [4.78, 5) is 13.2. The van der Waals surface area contributed by atoms with E-state index in [2.05, 4.69) is 17.4 Å². The van der Waals surface area contributed by atoms with Crippen molar-refractivity contribution in [3.63, 3.8) is 0 Å². The molecule has 0 aliphatic carbocycles. The molecule has 0 bridgehead atoms. The summed E-state index contributed by atoms with van der Waals surface area (Å²) in [5, 5.41) is 2.91. The molecule has 0 heterocycles. The molecule has 0 aliphatic heterocycles. The van der Waals surface area contributed by atoms with Crippen molar-refractivity contribution in [1.29, 1.82) is 0 Å². The molecule has 0 unspecified atom stereocenters. The van der Waals surface area contributed by atoms with Crippen molar-refractivity contribution in [2.45, 2.75) is 4.90 Å². The molecular weight excluding hydrogens is 270 g/mol. The average Bonchev–Trinajstić information content (AvgIpc) is 2.52. The lowest BCUT2D eigenvalue weighted by Crippen LogP contribution is -2.25. The Morgan fingerprint density at radius 1 is 1.15 bits per heavy atom. The number of thioether (sulfide) groups is 1. The fourth-order valence-electron chi connectivity index (χ4n) is 1.72. The summed E-state index contributed by atoms with van der Waals surface area (Å²) in [6.45, 7) is 0.635. The lowest BCUT2D eigenvalue weighted by molar-refractivity contribution is 0.0956. The molecule has 4 heteroatoms. The van der Waals surface area contributed by atoms with E-state index in [1.54, 1.807) is 31.0 Å². The highest BCUT2D eigenvalue weighted by Gasteiger charge is 2.05. The number of rotatable bonds is 6. The number of benzene rings is 2. The number of amides is 1. The number of hydrogen-bond donors (Lipinski definition) is 1. The minimum Gasteiger partial charge on any atom is -0.497 e. The normalized spacial score (nSPS) is 10.1. The van der Waals surface area contributed by atoms with E-state index in [1.807, 2.05) is 30.3 Å². The molecule has 0 aliphatic rings. The van der Waals surface area contributed by atoms with Gasteiger partial charge in [-0.25, -0.2) is 0 Å². The maximum absolute atomic E-state index is 11.9. The Morgan fingerprint density at radius 2 is 1.95 bits per heavy atom. The van der Waals surface area contributed by atoms with Gasteiger partial charge in [-0.05, 0) is 30.3 Å². The Morgan fingerprint density at radius 3 is 2.70 bits per heavy atom. The third-order valence-corrected chi connectivity index (χ3v) is 3.75. The first-order valence-corrected chi connectivity index (χ1v) is 7.38. The van der Waals surface area contributed by atoms with E-state index < -0.39 is 0 Å². The monoisotopic (exact) mass is 287 g/mol. The fourth-order valence-corrected chi connectivity index (χ4v) is 2.51. The maximum Gasteiger partial charge on any atom is 0.251 e. The van der Waals surface area contributed by atoms with Crippen LogP contribution < -0.4 is 10.1 Å². The molecule has 0 fully saturated rings. The molecule has 0 radical (unpaired) electrons. The lowest BCUT2D eigenvalue weighted by Gasteiger charge is -2.06. The molecule has 1 amide bonds. The van der Waals surface area contributed by atoms with Gasteiger partial charge in [0.25, 0.3) is 5.91 Å². The summed E-state index contributed by atoms with van der Waals surface area (Å²) >= 11 is 1.73. The Bertz CT molecular complexity index is 557. The summed E-state index contributed by atoms with van der Waals surface area (Å²) in [5.41, 5.74) is 0.620. The maximum atomic E-state index is 11.9. The Balaban J connectivity index is 1.77. The van der Waals surface area contributed by atoms with Crippen molar-refractivity contribution in [3.8, 4) is 5.75 Å². The molecule has 2 aromatic carbocycles. The molecule has 2 rings (SSSR count). The van der Waals surface area contributed by atoms with Gasteiger partial charge in [0, 0.05) is 22.8 Å². The predicted molar refractivity (Wildman–Crippen MR) is 82.5 cm³/mol. The van der Waals surface area contributed by atoms with Crippen molar-refractivity contribution in [2.24, 2.45) is 0 Å². The molecule has 0 spiro atoms. The molecule has 3 nitrogen and oxygen atoms in total. The minimum atomic E-state index is -0.0717. The average molecular weight is 287 g/mol. The van der Waals surface area contributed by atoms with Crippen LogP contribution in [0.3, 0.4) is 0 Å². The molecule has 2 aromatic rings. The smallest absolute Gasteiger partial charge is 0.251 e. The van der Waals surface area contributed by atoms with Crippen LogP contribution in [-0.2, 0) is 0 Å². The third kappa shape index (κ3) is 4.31. The van der Waals surface area contributed by atoms with Gasteiger partial charge in [-0.1, -0.05) is 24.3 Å². The van der Waals surface area contributed by atoms with Gasteiger partial charge >= 0.3 is 0 Å². The lowest BCUT2D eigenvalue weighted by atomic mass is 10.2. The van der Waals surface area contributed by atoms with Gasteiger partial charge in [0.1, 0.15) is 5.75 Å². The van der Waals surface area contributed by atoms with E-state index in [-0.39, 0.29) is 5.91 Å². The van der Waals surface area contributed by atoms with E-state index in [4.69, 9.17) is 4.74 Å². The van der Waals surface area contributed by atoms with E-state index in [0.29, 0.717) is 17.9 Å². The second-order valence-electron chi connectivity index (χ2n) is 4.15. The van der Waals surface area contributed by atoms with Gasteiger partial charge in [-0.2, -0.15) is 0 Å². The summed E-state index contributed by atoms with van der Waals surface area (Å²) in [5.74, 6) is 1.47. The van der Waals surface area contributed by atoms with Crippen LogP contribution in [-0.4, -0.2) is 25.3 Å². The molecule has 104 valence electrons.